The number of benzene rings is 1. The van der Waals surface area contributed by atoms with Gasteiger partial charge in [-0.05, 0) is 55.7 Å². The van der Waals surface area contributed by atoms with Crippen LogP contribution in [0.15, 0.2) is 24.3 Å². The highest BCUT2D eigenvalue weighted by atomic mass is 19.1. The SMILES string of the molecule is O=C(O)C1C2CCC(CC2)C1C(=O)Nc1cccc(F)c1. The van der Waals surface area contributed by atoms with Gasteiger partial charge in [0.15, 0.2) is 0 Å². The highest BCUT2D eigenvalue weighted by Crippen LogP contribution is 2.49. The van der Waals surface area contributed by atoms with Crippen molar-refractivity contribution in [3.05, 3.63) is 30.1 Å². The smallest absolute Gasteiger partial charge is 0.307 e. The predicted octanol–water partition coefficient (Wildman–Crippen LogP) is 2.90. The molecule has 5 heteroatoms. The van der Waals surface area contributed by atoms with E-state index in [1.54, 1.807) is 6.07 Å². The van der Waals surface area contributed by atoms with Gasteiger partial charge in [0, 0.05) is 5.69 Å². The van der Waals surface area contributed by atoms with E-state index >= 15 is 0 Å². The van der Waals surface area contributed by atoms with Crippen molar-refractivity contribution in [2.45, 2.75) is 25.7 Å². The summed E-state index contributed by atoms with van der Waals surface area (Å²) in [5.41, 5.74) is 0.380. The Bertz CT molecular complexity index is 566. The van der Waals surface area contributed by atoms with Crippen molar-refractivity contribution in [1.82, 2.24) is 0 Å². The van der Waals surface area contributed by atoms with Crippen molar-refractivity contribution in [2.24, 2.45) is 23.7 Å². The summed E-state index contributed by atoms with van der Waals surface area (Å²) in [5, 5.41) is 12.1. The first kappa shape index (κ1) is 14.0. The van der Waals surface area contributed by atoms with Crippen molar-refractivity contribution in [1.29, 1.82) is 0 Å². The summed E-state index contributed by atoms with van der Waals surface area (Å²) in [5.74, 6) is -2.48. The number of halogens is 1. The van der Waals surface area contributed by atoms with E-state index in [4.69, 9.17) is 0 Å². The first-order valence-electron chi connectivity index (χ1n) is 7.35. The zero-order chi connectivity index (χ0) is 15.0. The predicted molar refractivity (Wildman–Crippen MR) is 75.1 cm³/mol. The summed E-state index contributed by atoms with van der Waals surface area (Å²) in [4.78, 5) is 24.0. The summed E-state index contributed by atoms with van der Waals surface area (Å²) in [7, 11) is 0. The van der Waals surface area contributed by atoms with Gasteiger partial charge < -0.3 is 10.4 Å². The van der Waals surface area contributed by atoms with Crippen LogP contribution < -0.4 is 5.32 Å². The molecule has 2 N–H and O–H groups in total. The van der Waals surface area contributed by atoms with Crippen LogP contribution in [0.5, 0.6) is 0 Å². The number of anilines is 1. The summed E-state index contributed by atoms with van der Waals surface area (Å²) in [6.07, 6.45) is 3.61. The van der Waals surface area contributed by atoms with Gasteiger partial charge in [0.05, 0.1) is 11.8 Å². The third kappa shape index (κ3) is 2.64. The number of aliphatic carboxylic acids is 1. The lowest BCUT2D eigenvalue weighted by Crippen LogP contribution is -2.49. The van der Waals surface area contributed by atoms with Gasteiger partial charge in [-0.2, -0.15) is 0 Å². The van der Waals surface area contributed by atoms with E-state index in [1.165, 1.54) is 18.2 Å². The van der Waals surface area contributed by atoms with Gasteiger partial charge in [0.1, 0.15) is 5.82 Å². The monoisotopic (exact) mass is 291 g/mol. The van der Waals surface area contributed by atoms with Gasteiger partial charge in [-0.25, -0.2) is 4.39 Å². The minimum atomic E-state index is -0.885. The molecule has 1 aromatic carbocycles. The maximum atomic E-state index is 13.2. The fourth-order valence-electron chi connectivity index (χ4n) is 3.97. The number of carbonyl (C=O) groups excluding carboxylic acids is 1. The summed E-state index contributed by atoms with van der Waals surface area (Å²) < 4.78 is 13.2. The average Bonchev–Trinajstić information content (AvgIpc) is 2.47. The Morgan fingerprint density at radius 1 is 1.10 bits per heavy atom. The van der Waals surface area contributed by atoms with E-state index in [2.05, 4.69) is 5.32 Å². The topological polar surface area (TPSA) is 66.4 Å². The Kier molecular flexibility index (Phi) is 3.66. The zero-order valence-corrected chi connectivity index (χ0v) is 11.6. The second-order valence-electron chi connectivity index (χ2n) is 6.06. The number of fused-ring (bicyclic) bond motifs is 3. The molecular formula is C16H18FNO3. The van der Waals surface area contributed by atoms with Crippen molar-refractivity contribution in [3.8, 4) is 0 Å². The number of carboxylic acids is 1. The summed E-state index contributed by atoms with van der Waals surface area (Å²) >= 11 is 0. The van der Waals surface area contributed by atoms with Crippen LogP contribution in [-0.4, -0.2) is 17.0 Å². The molecular weight excluding hydrogens is 273 g/mol. The van der Waals surface area contributed by atoms with Crippen LogP contribution in [0.3, 0.4) is 0 Å². The molecule has 2 bridgehead atoms. The van der Waals surface area contributed by atoms with Crippen LogP contribution in [0.2, 0.25) is 0 Å². The van der Waals surface area contributed by atoms with E-state index in [-0.39, 0.29) is 17.7 Å². The fourth-order valence-corrected chi connectivity index (χ4v) is 3.97. The number of hydrogen-bond acceptors (Lipinski definition) is 2. The largest absolute Gasteiger partial charge is 0.481 e. The molecule has 0 aromatic heterocycles. The maximum Gasteiger partial charge on any atom is 0.307 e. The Morgan fingerprint density at radius 3 is 2.29 bits per heavy atom. The number of carbonyl (C=O) groups is 2. The molecule has 0 saturated heterocycles. The molecule has 3 saturated carbocycles. The van der Waals surface area contributed by atoms with Crippen molar-refractivity contribution < 1.29 is 19.1 Å². The molecule has 112 valence electrons. The lowest BCUT2D eigenvalue weighted by Gasteiger charge is -2.45. The van der Waals surface area contributed by atoms with Crippen LogP contribution in [-0.2, 0) is 9.59 Å². The molecule has 21 heavy (non-hydrogen) atoms. The molecule has 4 nitrogen and oxygen atoms in total. The number of hydrogen-bond donors (Lipinski definition) is 2. The number of amides is 1. The van der Waals surface area contributed by atoms with E-state index in [0.717, 1.165) is 25.7 Å². The Labute approximate surface area is 122 Å². The minimum Gasteiger partial charge on any atom is -0.481 e. The van der Waals surface area contributed by atoms with Crippen molar-refractivity contribution >= 4 is 17.6 Å². The van der Waals surface area contributed by atoms with Gasteiger partial charge in [-0.15, -0.1) is 0 Å². The zero-order valence-electron chi connectivity index (χ0n) is 11.6. The van der Waals surface area contributed by atoms with Gasteiger partial charge >= 0.3 is 5.97 Å². The van der Waals surface area contributed by atoms with E-state index in [0.29, 0.717) is 5.69 Å². The molecule has 3 aliphatic rings. The van der Waals surface area contributed by atoms with E-state index in [9.17, 15) is 19.1 Å². The first-order chi connectivity index (χ1) is 10.1. The number of rotatable bonds is 3. The standard InChI is InChI=1S/C16H18FNO3/c17-11-2-1-3-12(8-11)18-15(19)13-9-4-6-10(7-5-9)14(13)16(20)21/h1-3,8-10,13-14H,4-7H2,(H,18,19)(H,20,21). The third-order valence-corrected chi connectivity index (χ3v) is 4.90. The second kappa shape index (κ2) is 5.47. The van der Waals surface area contributed by atoms with Crippen LogP contribution in [0.25, 0.3) is 0 Å². The van der Waals surface area contributed by atoms with Gasteiger partial charge in [0.2, 0.25) is 5.91 Å². The molecule has 0 spiro atoms. The molecule has 0 heterocycles. The first-order valence-corrected chi connectivity index (χ1v) is 7.35. The molecule has 4 rings (SSSR count). The quantitative estimate of drug-likeness (QED) is 0.900. The third-order valence-electron chi connectivity index (χ3n) is 4.90. The van der Waals surface area contributed by atoms with Gasteiger partial charge in [0.25, 0.3) is 0 Å². The lowest BCUT2D eigenvalue weighted by molar-refractivity contribution is -0.156. The molecule has 3 fully saturated rings. The van der Waals surface area contributed by atoms with Gasteiger partial charge in [-0.3, -0.25) is 9.59 Å². The van der Waals surface area contributed by atoms with E-state index in [1.807, 2.05) is 0 Å². The van der Waals surface area contributed by atoms with Crippen LogP contribution in [0, 0.1) is 29.5 Å². The molecule has 1 aromatic rings. The molecule has 0 aliphatic heterocycles. The fraction of sp³-hybridized carbons (Fsp3) is 0.500. The highest BCUT2D eigenvalue weighted by molar-refractivity contribution is 5.95. The number of nitrogens with one attached hydrogen (secondary N) is 1. The normalized spacial score (nSPS) is 30.9. The van der Waals surface area contributed by atoms with Crippen LogP contribution in [0.4, 0.5) is 10.1 Å². The minimum absolute atomic E-state index is 0.0933. The Balaban J connectivity index is 1.80. The number of carboxylic acid groups (broad SMARTS) is 1. The molecule has 1 amide bonds. The van der Waals surface area contributed by atoms with Crippen LogP contribution >= 0.6 is 0 Å². The highest BCUT2D eigenvalue weighted by Gasteiger charge is 2.50. The maximum absolute atomic E-state index is 13.2. The summed E-state index contributed by atoms with van der Waals surface area (Å²) in [6.45, 7) is 0. The average molecular weight is 291 g/mol. The second-order valence-corrected chi connectivity index (χ2v) is 6.06. The van der Waals surface area contributed by atoms with Gasteiger partial charge in [-0.1, -0.05) is 6.07 Å². The summed E-state index contributed by atoms with van der Waals surface area (Å²) in [6, 6.07) is 5.68. The molecule has 3 aliphatic carbocycles. The van der Waals surface area contributed by atoms with E-state index < -0.39 is 23.6 Å². The lowest BCUT2D eigenvalue weighted by atomic mass is 9.58. The molecule has 2 unspecified atom stereocenters. The molecule has 0 radical (unpaired) electrons. The Morgan fingerprint density at radius 2 is 1.71 bits per heavy atom. The van der Waals surface area contributed by atoms with Crippen molar-refractivity contribution in [2.75, 3.05) is 5.32 Å². The van der Waals surface area contributed by atoms with Crippen LogP contribution in [0.1, 0.15) is 25.7 Å². The van der Waals surface area contributed by atoms with Crippen molar-refractivity contribution in [3.63, 3.8) is 0 Å². The Hall–Kier alpha value is -1.91. The molecule has 2 atom stereocenters.